The molecule has 2 unspecified atom stereocenters. The molecule has 0 aliphatic carbocycles. The number of benzene rings is 1. The highest BCUT2D eigenvalue weighted by Gasteiger charge is 2.43. The number of ether oxygens (including phenoxy) is 3. The van der Waals surface area contributed by atoms with E-state index < -0.39 is 18.0 Å². The van der Waals surface area contributed by atoms with Crippen LogP contribution in [0.15, 0.2) is 30.3 Å². The molecule has 0 aromatic heterocycles. The number of carbonyl (C=O) groups excluding carboxylic acids is 2. The van der Waals surface area contributed by atoms with E-state index in [-0.39, 0.29) is 25.4 Å². The first-order chi connectivity index (χ1) is 13.1. The summed E-state index contributed by atoms with van der Waals surface area (Å²) in [5.74, 6) is -1.09. The lowest BCUT2D eigenvalue weighted by Crippen LogP contribution is -2.63. The van der Waals surface area contributed by atoms with Crippen molar-refractivity contribution in [1.82, 2.24) is 9.80 Å². The molecule has 2 heterocycles. The number of morpholine rings is 2. The van der Waals surface area contributed by atoms with Crippen molar-refractivity contribution in [3.8, 4) is 0 Å². The van der Waals surface area contributed by atoms with Crippen molar-refractivity contribution in [2.75, 3.05) is 39.4 Å². The fraction of sp³-hybridized carbons (Fsp3) is 0.600. The third-order valence-corrected chi connectivity index (χ3v) is 4.82. The average Bonchev–Trinajstić information content (AvgIpc) is 2.62. The maximum absolute atomic E-state index is 12.4. The molecular formula is C20H28N2O5. The number of hydrogen-bond donors (Lipinski definition) is 0. The summed E-state index contributed by atoms with van der Waals surface area (Å²) >= 11 is 0. The van der Waals surface area contributed by atoms with E-state index in [0.29, 0.717) is 13.1 Å². The maximum Gasteiger partial charge on any atom is 0.335 e. The maximum atomic E-state index is 12.4. The van der Waals surface area contributed by atoms with E-state index in [4.69, 9.17) is 14.2 Å². The van der Waals surface area contributed by atoms with Gasteiger partial charge in [0.1, 0.15) is 0 Å². The Balaban J connectivity index is 1.65. The topological polar surface area (TPSA) is 68.3 Å². The first-order valence-corrected chi connectivity index (χ1v) is 9.59. The molecule has 2 atom stereocenters. The molecule has 0 spiro atoms. The minimum Gasteiger partial charge on any atom is -0.464 e. The summed E-state index contributed by atoms with van der Waals surface area (Å²) < 4.78 is 16.3. The quantitative estimate of drug-likeness (QED) is 0.521. The van der Waals surface area contributed by atoms with E-state index in [9.17, 15) is 9.59 Å². The second-order valence-electron chi connectivity index (χ2n) is 6.92. The molecular weight excluding hydrogens is 348 g/mol. The molecule has 1 aromatic rings. The summed E-state index contributed by atoms with van der Waals surface area (Å²) in [5.41, 5.74) is 1.27. The van der Waals surface area contributed by atoms with Crippen LogP contribution < -0.4 is 0 Å². The summed E-state index contributed by atoms with van der Waals surface area (Å²) in [6, 6.07) is 9.33. The van der Waals surface area contributed by atoms with Crippen molar-refractivity contribution in [2.24, 2.45) is 0 Å². The molecule has 1 aromatic carbocycles. The third-order valence-electron chi connectivity index (χ3n) is 4.82. The Kier molecular flexibility index (Phi) is 6.82. The Morgan fingerprint density at radius 3 is 2.07 bits per heavy atom. The van der Waals surface area contributed by atoms with E-state index in [1.165, 1.54) is 5.56 Å². The molecule has 2 saturated heterocycles. The molecule has 27 heavy (non-hydrogen) atoms. The van der Waals surface area contributed by atoms with Gasteiger partial charge in [0.25, 0.3) is 0 Å². The molecule has 0 amide bonds. The van der Waals surface area contributed by atoms with Crippen LogP contribution in [-0.4, -0.2) is 79.4 Å². The van der Waals surface area contributed by atoms with Crippen LogP contribution in [0.3, 0.4) is 0 Å². The summed E-state index contributed by atoms with van der Waals surface area (Å²) in [5, 5.41) is 0. The lowest BCUT2D eigenvalue weighted by atomic mass is 10.1. The first kappa shape index (κ1) is 19.8. The smallest absolute Gasteiger partial charge is 0.335 e. The predicted molar refractivity (Wildman–Crippen MR) is 99.0 cm³/mol. The Morgan fingerprint density at radius 1 is 1.00 bits per heavy atom. The summed E-state index contributed by atoms with van der Waals surface area (Å²) in [6.07, 6.45) is -0.0971. The molecule has 7 heteroatoms. The average molecular weight is 376 g/mol. The zero-order valence-corrected chi connectivity index (χ0v) is 16.0. The van der Waals surface area contributed by atoms with Gasteiger partial charge >= 0.3 is 11.9 Å². The van der Waals surface area contributed by atoms with Gasteiger partial charge in [0.2, 0.25) is 6.04 Å². The number of nitrogens with zero attached hydrogens (tertiary/aromatic N) is 2. The largest absolute Gasteiger partial charge is 0.464 e. The van der Waals surface area contributed by atoms with Gasteiger partial charge in [0.05, 0.1) is 25.4 Å². The fourth-order valence-corrected chi connectivity index (χ4v) is 3.83. The Labute approximate surface area is 160 Å². The second-order valence-corrected chi connectivity index (χ2v) is 6.92. The Hall–Kier alpha value is -1.96. The highest BCUT2D eigenvalue weighted by Crippen LogP contribution is 2.23. The minimum atomic E-state index is -1.01. The van der Waals surface area contributed by atoms with E-state index in [1.807, 2.05) is 23.1 Å². The zero-order chi connectivity index (χ0) is 19.2. The monoisotopic (exact) mass is 376 g/mol. The second kappa shape index (κ2) is 9.30. The standard InChI is InChI=1S/C20H28N2O5/c1-3-25-19(23)18(20(24)26-4-2)22-13-16-11-21(12-17(14-22)27-16)10-15-8-6-5-7-9-15/h5-9,16-18H,3-4,10-14H2,1-2H3. The third kappa shape index (κ3) is 5.06. The van der Waals surface area contributed by atoms with E-state index >= 15 is 0 Å². The van der Waals surface area contributed by atoms with Gasteiger partial charge in [-0.15, -0.1) is 0 Å². The number of fused-ring (bicyclic) bond motifs is 2. The van der Waals surface area contributed by atoms with E-state index in [0.717, 1.165) is 19.6 Å². The lowest BCUT2D eigenvalue weighted by Gasteiger charge is -2.46. The van der Waals surface area contributed by atoms with Gasteiger partial charge in [-0.25, -0.2) is 9.59 Å². The highest BCUT2D eigenvalue weighted by molar-refractivity contribution is 5.99. The van der Waals surface area contributed by atoms with Crippen LogP contribution in [0.2, 0.25) is 0 Å². The van der Waals surface area contributed by atoms with Gasteiger partial charge < -0.3 is 14.2 Å². The van der Waals surface area contributed by atoms with Crippen LogP contribution in [0.4, 0.5) is 0 Å². The Morgan fingerprint density at radius 2 is 1.56 bits per heavy atom. The zero-order valence-electron chi connectivity index (χ0n) is 16.0. The molecule has 7 nitrogen and oxygen atoms in total. The van der Waals surface area contributed by atoms with Gasteiger partial charge in [-0.05, 0) is 19.4 Å². The van der Waals surface area contributed by atoms with Crippen LogP contribution in [0.25, 0.3) is 0 Å². The van der Waals surface area contributed by atoms with Gasteiger partial charge in [-0.2, -0.15) is 0 Å². The van der Waals surface area contributed by atoms with Gasteiger partial charge in [-0.3, -0.25) is 9.80 Å². The van der Waals surface area contributed by atoms with Crippen LogP contribution >= 0.6 is 0 Å². The SMILES string of the molecule is CCOC(=O)C(C(=O)OCC)N1CC2CN(Cc3ccccc3)CC(C1)O2. The minimum absolute atomic E-state index is 0.0486. The van der Waals surface area contributed by atoms with Crippen molar-refractivity contribution in [3.05, 3.63) is 35.9 Å². The van der Waals surface area contributed by atoms with Crippen molar-refractivity contribution in [1.29, 1.82) is 0 Å². The number of esters is 2. The van der Waals surface area contributed by atoms with Crippen molar-refractivity contribution < 1.29 is 23.8 Å². The molecule has 3 rings (SSSR count). The van der Waals surface area contributed by atoms with Gasteiger partial charge in [0, 0.05) is 32.7 Å². The molecule has 2 aliphatic heterocycles. The number of carbonyl (C=O) groups is 2. The van der Waals surface area contributed by atoms with E-state index in [1.54, 1.807) is 13.8 Å². The summed E-state index contributed by atoms with van der Waals surface area (Å²) in [6.45, 7) is 7.34. The molecule has 0 N–H and O–H groups in total. The molecule has 148 valence electrons. The van der Waals surface area contributed by atoms with Crippen molar-refractivity contribution >= 4 is 11.9 Å². The molecule has 2 fully saturated rings. The molecule has 0 saturated carbocycles. The summed E-state index contributed by atoms with van der Waals surface area (Å²) in [7, 11) is 0. The molecule has 0 radical (unpaired) electrons. The molecule has 2 aliphatic rings. The van der Waals surface area contributed by atoms with Crippen LogP contribution in [0.5, 0.6) is 0 Å². The van der Waals surface area contributed by atoms with Gasteiger partial charge in [-0.1, -0.05) is 30.3 Å². The van der Waals surface area contributed by atoms with Gasteiger partial charge in [0.15, 0.2) is 0 Å². The summed E-state index contributed by atoms with van der Waals surface area (Å²) in [4.78, 5) is 29.0. The number of rotatable bonds is 7. The van der Waals surface area contributed by atoms with E-state index in [2.05, 4.69) is 17.0 Å². The highest BCUT2D eigenvalue weighted by atomic mass is 16.6. The first-order valence-electron chi connectivity index (χ1n) is 9.59. The van der Waals surface area contributed by atoms with Crippen molar-refractivity contribution in [3.63, 3.8) is 0 Å². The van der Waals surface area contributed by atoms with Crippen molar-refractivity contribution in [2.45, 2.75) is 38.6 Å². The molecule has 2 bridgehead atoms. The Bertz CT molecular complexity index is 607. The normalized spacial score (nSPS) is 23.2. The predicted octanol–water partition coefficient (Wildman–Crippen LogP) is 1.07. The van der Waals surface area contributed by atoms with Crippen LogP contribution in [0, 0.1) is 0 Å². The van der Waals surface area contributed by atoms with Crippen LogP contribution in [0.1, 0.15) is 19.4 Å². The van der Waals surface area contributed by atoms with Crippen LogP contribution in [-0.2, 0) is 30.3 Å². The lowest BCUT2D eigenvalue weighted by molar-refractivity contribution is -0.178. The fourth-order valence-electron chi connectivity index (χ4n) is 3.83. The number of hydrogen-bond acceptors (Lipinski definition) is 7.